The van der Waals surface area contributed by atoms with Crippen molar-refractivity contribution in [3.05, 3.63) is 68.0 Å². The van der Waals surface area contributed by atoms with Gasteiger partial charge >= 0.3 is 17.8 Å². The first-order valence-corrected chi connectivity index (χ1v) is 6.80. The molecule has 1 aromatic heterocycles. The van der Waals surface area contributed by atoms with Crippen molar-refractivity contribution in [2.24, 2.45) is 0 Å². The molecule has 0 aliphatic carbocycles. The van der Waals surface area contributed by atoms with Gasteiger partial charge in [-0.25, -0.2) is 9.59 Å². The predicted octanol–water partition coefficient (Wildman–Crippen LogP) is 1.28. The lowest BCUT2D eigenvalue weighted by molar-refractivity contribution is -0.137. The predicted molar refractivity (Wildman–Crippen MR) is 77.8 cm³/mol. The number of nitrogens with one attached hydrogen (secondary N) is 1. The minimum absolute atomic E-state index is 0.186. The van der Waals surface area contributed by atoms with Crippen molar-refractivity contribution in [2.75, 3.05) is 6.61 Å². The lowest BCUT2D eigenvalue weighted by atomic mass is 10.1. The van der Waals surface area contributed by atoms with Gasteiger partial charge in [-0.1, -0.05) is 6.07 Å². The Morgan fingerprint density at radius 1 is 1.32 bits per heavy atom. The smallest absolute Gasteiger partial charge is 0.416 e. The highest BCUT2D eigenvalue weighted by molar-refractivity contribution is 5.89. The van der Waals surface area contributed by atoms with Crippen LogP contribution in [-0.2, 0) is 17.5 Å². The van der Waals surface area contributed by atoms with E-state index in [1.165, 1.54) is 0 Å². The molecule has 1 aromatic carbocycles. The Balaban J connectivity index is 2.06. The number of hydrogen-bond acceptors (Lipinski definition) is 5. The largest absolute Gasteiger partial charge is 0.460 e. The third kappa shape index (κ3) is 4.35. The van der Waals surface area contributed by atoms with E-state index >= 15 is 0 Å². The van der Waals surface area contributed by atoms with E-state index in [-0.39, 0.29) is 24.3 Å². The summed E-state index contributed by atoms with van der Waals surface area (Å²) in [5, 5.41) is 8.73. The van der Waals surface area contributed by atoms with Crippen molar-refractivity contribution in [3.8, 4) is 6.07 Å². The van der Waals surface area contributed by atoms with Gasteiger partial charge in [-0.15, -0.1) is 0 Å². The molecule has 0 saturated carbocycles. The Bertz CT molecular complexity index is 954. The first-order valence-electron chi connectivity index (χ1n) is 6.80. The lowest BCUT2D eigenvalue weighted by Crippen LogP contribution is -2.32. The average molecular weight is 353 g/mol. The molecule has 0 saturated heterocycles. The fourth-order valence-electron chi connectivity index (χ4n) is 1.90. The standard InChI is InChI=1S/C15H10F3N3O4/c16-15(17,18)11-3-1-2-9(6-11)13(23)25-5-4-21-8-10(7-19)12(22)20-14(21)24/h1-3,6,8H,4-5H2,(H,20,22,24). The summed E-state index contributed by atoms with van der Waals surface area (Å²) in [4.78, 5) is 36.5. The molecule has 0 fully saturated rings. The van der Waals surface area contributed by atoms with Gasteiger partial charge in [0, 0.05) is 6.20 Å². The molecule has 7 nitrogen and oxygen atoms in total. The van der Waals surface area contributed by atoms with Crippen molar-refractivity contribution in [2.45, 2.75) is 12.7 Å². The molecule has 10 heteroatoms. The van der Waals surface area contributed by atoms with Gasteiger partial charge in [0.2, 0.25) is 0 Å². The molecule has 1 heterocycles. The summed E-state index contributed by atoms with van der Waals surface area (Å²) in [6.45, 7) is -0.527. The second-order valence-corrected chi connectivity index (χ2v) is 4.82. The molecule has 0 unspecified atom stereocenters. The summed E-state index contributed by atoms with van der Waals surface area (Å²) in [6, 6.07) is 5.30. The number of aromatic nitrogens is 2. The van der Waals surface area contributed by atoms with Crippen LogP contribution in [0.3, 0.4) is 0 Å². The molecule has 130 valence electrons. The summed E-state index contributed by atoms with van der Waals surface area (Å²) in [5.41, 5.74) is -3.23. The van der Waals surface area contributed by atoms with Crippen LogP contribution in [0.2, 0.25) is 0 Å². The molecule has 0 radical (unpaired) electrons. The normalized spacial score (nSPS) is 11.0. The molecule has 0 aliphatic rings. The van der Waals surface area contributed by atoms with Crippen molar-refractivity contribution in [1.29, 1.82) is 5.26 Å². The van der Waals surface area contributed by atoms with Gasteiger partial charge in [-0.2, -0.15) is 18.4 Å². The van der Waals surface area contributed by atoms with Crippen LogP contribution in [0.5, 0.6) is 0 Å². The first kappa shape index (κ1) is 18.0. The Morgan fingerprint density at radius 2 is 2.04 bits per heavy atom. The number of hydrogen-bond donors (Lipinski definition) is 1. The highest BCUT2D eigenvalue weighted by Gasteiger charge is 2.31. The molecule has 0 amide bonds. The Hall–Kier alpha value is -3.35. The van der Waals surface area contributed by atoms with Crippen molar-refractivity contribution in [1.82, 2.24) is 9.55 Å². The van der Waals surface area contributed by atoms with E-state index in [2.05, 4.69) is 0 Å². The average Bonchev–Trinajstić information content (AvgIpc) is 2.56. The third-order valence-corrected chi connectivity index (χ3v) is 3.12. The molecular formula is C15H10F3N3O4. The van der Waals surface area contributed by atoms with E-state index in [1.807, 2.05) is 4.98 Å². The van der Waals surface area contributed by atoms with Crippen LogP contribution in [0.1, 0.15) is 21.5 Å². The number of ether oxygens (including phenoxy) is 1. The fourth-order valence-corrected chi connectivity index (χ4v) is 1.90. The van der Waals surface area contributed by atoms with Crippen LogP contribution in [0.25, 0.3) is 0 Å². The zero-order valence-electron chi connectivity index (χ0n) is 12.5. The van der Waals surface area contributed by atoms with Crippen molar-refractivity contribution < 1.29 is 22.7 Å². The van der Waals surface area contributed by atoms with Crippen LogP contribution in [0.15, 0.2) is 40.1 Å². The van der Waals surface area contributed by atoms with E-state index in [1.54, 1.807) is 6.07 Å². The highest BCUT2D eigenvalue weighted by Crippen LogP contribution is 2.29. The molecule has 0 atom stereocenters. The van der Waals surface area contributed by atoms with Gasteiger partial charge < -0.3 is 4.74 Å². The van der Waals surface area contributed by atoms with Crippen molar-refractivity contribution in [3.63, 3.8) is 0 Å². The minimum Gasteiger partial charge on any atom is -0.460 e. The molecular weight excluding hydrogens is 343 g/mol. The lowest BCUT2D eigenvalue weighted by Gasteiger charge is -2.09. The molecule has 25 heavy (non-hydrogen) atoms. The maximum Gasteiger partial charge on any atom is 0.416 e. The summed E-state index contributed by atoms with van der Waals surface area (Å²) in [6.07, 6.45) is -3.59. The fraction of sp³-hybridized carbons (Fsp3) is 0.200. The van der Waals surface area contributed by atoms with Gasteiger partial charge in [0.1, 0.15) is 18.2 Å². The summed E-state index contributed by atoms with van der Waals surface area (Å²) in [5.74, 6) is -0.996. The zero-order valence-corrected chi connectivity index (χ0v) is 12.5. The van der Waals surface area contributed by atoms with Crippen LogP contribution in [0, 0.1) is 11.3 Å². The van der Waals surface area contributed by atoms with Gasteiger partial charge in [-0.3, -0.25) is 14.3 Å². The monoisotopic (exact) mass is 353 g/mol. The molecule has 2 aromatic rings. The van der Waals surface area contributed by atoms with E-state index in [0.717, 1.165) is 29.0 Å². The van der Waals surface area contributed by atoms with Crippen molar-refractivity contribution >= 4 is 5.97 Å². The number of nitrogens with zero attached hydrogens (tertiary/aromatic N) is 2. The van der Waals surface area contributed by atoms with Gasteiger partial charge in [-0.05, 0) is 18.2 Å². The topological polar surface area (TPSA) is 105 Å². The summed E-state index contributed by atoms with van der Waals surface area (Å²) >= 11 is 0. The molecule has 1 N–H and O–H groups in total. The molecule has 0 bridgehead atoms. The number of nitriles is 1. The minimum atomic E-state index is -4.59. The Kier molecular flexibility index (Phi) is 5.07. The van der Waals surface area contributed by atoms with E-state index in [9.17, 15) is 27.6 Å². The number of halogens is 3. The van der Waals surface area contributed by atoms with Crippen LogP contribution in [-0.4, -0.2) is 22.1 Å². The van der Waals surface area contributed by atoms with E-state index in [4.69, 9.17) is 10.00 Å². The van der Waals surface area contributed by atoms with Crippen LogP contribution < -0.4 is 11.2 Å². The quantitative estimate of drug-likeness (QED) is 0.834. The third-order valence-electron chi connectivity index (χ3n) is 3.12. The van der Waals surface area contributed by atoms with Gasteiger partial charge in [0.25, 0.3) is 5.56 Å². The number of H-pyrrole nitrogens is 1. The second kappa shape index (κ2) is 7.04. The number of alkyl halides is 3. The number of esters is 1. The van der Waals surface area contributed by atoms with E-state index in [0.29, 0.717) is 6.07 Å². The van der Waals surface area contributed by atoms with Gasteiger partial charge in [0.15, 0.2) is 0 Å². The molecule has 2 rings (SSSR count). The first-order chi connectivity index (χ1) is 11.7. The maximum atomic E-state index is 12.6. The molecule has 0 spiro atoms. The van der Waals surface area contributed by atoms with Crippen LogP contribution in [0.4, 0.5) is 13.2 Å². The number of carbonyl (C=O) groups excluding carboxylic acids is 1. The second-order valence-electron chi connectivity index (χ2n) is 4.82. The number of carbonyl (C=O) groups is 1. The zero-order chi connectivity index (χ0) is 18.6. The van der Waals surface area contributed by atoms with E-state index < -0.39 is 29.0 Å². The molecule has 0 aliphatic heterocycles. The highest BCUT2D eigenvalue weighted by atomic mass is 19.4. The summed E-state index contributed by atoms with van der Waals surface area (Å²) < 4.78 is 43.6. The number of rotatable bonds is 4. The maximum absolute atomic E-state index is 12.6. The SMILES string of the molecule is N#Cc1cn(CCOC(=O)c2cccc(C(F)(F)F)c2)c(=O)[nH]c1=O. The Morgan fingerprint density at radius 3 is 2.68 bits per heavy atom. The van der Waals surface area contributed by atoms with Crippen LogP contribution >= 0.6 is 0 Å². The summed E-state index contributed by atoms with van der Waals surface area (Å²) in [7, 11) is 0. The number of aromatic amines is 1. The Labute approximate surface area is 137 Å². The number of benzene rings is 1. The van der Waals surface area contributed by atoms with Gasteiger partial charge in [0.05, 0.1) is 17.7 Å².